The molecule has 0 radical (unpaired) electrons. The summed E-state index contributed by atoms with van der Waals surface area (Å²) in [5, 5.41) is 3.06. The minimum Gasteiger partial charge on any atom is -0.486 e. The molecule has 2 heterocycles. The Morgan fingerprint density at radius 2 is 2.00 bits per heavy atom. The van der Waals surface area contributed by atoms with Crippen LogP contribution in [0, 0.1) is 11.8 Å². The number of nitrogens with two attached hydrogens (primary N) is 1. The van der Waals surface area contributed by atoms with E-state index in [-0.39, 0.29) is 17.9 Å². The highest BCUT2D eigenvalue weighted by atomic mass is 16.6. The Hall–Kier alpha value is -2.28. The van der Waals surface area contributed by atoms with Crippen molar-refractivity contribution in [3.63, 3.8) is 0 Å². The van der Waals surface area contributed by atoms with Gasteiger partial charge in [-0.2, -0.15) is 0 Å². The molecule has 1 saturated carbocycles. The number of nitrogens with zero attached hydrogens (tertiary/aromatic N) is 1. The lowest BCUT2D eigenvalue weighted by Crippen LogP contribution is -2.44. The Kier molecular flexibility index (Phi) is 4.72. The molecule has 7 heteroatoms. The van der Waals surface area contributed by atoms with Gasteiger partial charge in [-0.05, 0) is 43.9 Å². The van der Waals surface area contributed by atoms with Crippen LogP contribution in [0.15, 0.2) is 18.2 Å². The summed E-state index contributed by atoms with van der Waals surface area (Å²) in [7, 11) is 0. The van der Waals surface area contributed by atoms with Crippen molar-refractivity contribution in [2.45, 2.75) is 31.7 Å². The first kappa shape index (κ1) is 17.1. The fraction of sp³-hybridized carbons (Fsp3) is 0.579. The van der Waals surface area contributed by atoms with E-state index in [0.29, 0.717) is 50.1 Å². The van der Waals surface area contributed by atoms with Crippen LogP contribution in [0.1, 0.15) is 25.7 Å². The van der Waals surface area contributed by atoms with Gasteiger partial charge in [-0.25, -0.2) is 0 Å². The molecule has 0 spiro atoms. The molecule has 26 heavy (non-hydrogen) atoms. The summed E-state index contributed by atoms with van der Waals surface area (Å²) in [6.07, 6.45) is 3.59. The molecule has 2 aliphatic heterocycles. The Morgan fingerprint density at radius 3 is 2.81 bits per heavy atom. The molecule has 2 fully saturated rings. The molecule has 140 valence electrons. The van der Waals surface area contributed by atoms with Crippen LogP contribution in [0.4, 0.5) is 5.69 Å². The zero-order valence-corrected chi connectivity index (χ0v) is 14.8. The maximum Gasteiger partial charge on any atom is 0.239 e. The Bertz CT molecular complexity index is 708. The maximum atomic E-state index is 12.8. The second-order valence-corrected chi connectivity index (χ2v) is 7.20. The van der Waals surface area contributed by atoms with Crippen molar-refractivity contribution in [2.75, 3.05) is 31.2 Å². The number of carbonyl (C=O) groups excluding carboxylic acids is 2. The number of amides is 2. The Labute approximate surface area is 152 Å². The van der Waals surface area contributed by atoms with Gasteiger partial charge >= 0.3 is 0 Å². The SMILES string of the molecule is NCC1CCCC1NC(=O)C1CCN(c2ccc3c(c2)OCCO3)C1=O. The number of carbonyl (C=O) groups is 2. The Balaban J connectivity index is 1.43. The molecule has 2 amide bonds. The van der Waals surface area contributed by atoms with Crippen LogP contribution in [-0.4, -0.2) is 44.2 Å². The van der Waals surface area contributed by atoms with Gasteiger partial charge in [0, 0.05) is 24.3 Å². The predicted molar refractivity (Wildman–Crippen MR) is 96.2 cm³/mol. The standard InChI is InChI=1S/C19H25N3O4/c20-11-12-2-1-3-15(12)21-18(23)14-6-7-22(19(14)24)13-4-5-16-17(10-13)26-9-8-25-16/h4-5,10,12,14-15H,1-3,6-9,11,20H2,(H,21,23). The average Bonchev–Trinajstić information content (AvgIpc) is 3.27. The smallest absolute Gasteiger partial charge is 0.239 e. The van der Waals surface area contributed by atoms with Crippen LogP contribution < -0.4 is 25.4 Å². The van der Waals surface area contributed by atoms with Crippen LogP contribution in [0.2, 0.25) is 0 Å². The molecule has 7 nitrogen and oxygen atoms in total. The third kappa shape index (κ3) is 3.11. The van der Waals surface area contributed by atoms with Crippen LogP contribution in [0.5, 0.6) is 11.5 Å². The highest BCUT2D eigenvalue weighted by molar-refractivity contribution is 6.09. The molecule has 4 rings (SSSR count). The molecule has 1 saturated heterocycles. The first-order valence-corrected chi connectivity index (χ1v) is 9.39. The third-order valence-electron chi connectivity index (χ3n) is 5.65. The molecule has 0 aromatic heterocycles. The number of hydrogen-bond donors (Lipinski definition) is 2. The largest absolute Gasteiger partial charge is 0.486 e. The summed E-state index contributed by atoms with van der Waals surface area (Å²) in [5.74, 6) is 0.717. The minimum absolute atomic E-state index is 0.101. The summed E-state index contributed by atoms with van der Waals surface area (Å²) in [6, 6.07) is 5.57. The highest BCUT2D eigenvalue weighted by Gasteiger charge is 2.39. The average molecular weight is 359 g/mol. The molecule has 3 aliphatic rings. The van der Waals surface area contributed by atoms with Gasteiger partial charge in [0.05, 0.1) is 0 Å². The van der Waals surface area contributed by atoms with Crippen molar-refractivity contribution >= 4 is 17.5 Å². The fourth-order valence-electron chi connectivity index (χ4n) is 4.17. The van der Waals surface area contributed by atoms with Gasteiger partial charge in [0.25, 0.3) is 0 Å². The molecule has 1 aliphatic carbocycles. The van der Waals surface area contributed by atoms with Gasteiger partial charge in [0.1, 0.15) is 19.1 Å². The summed E-state index contributed by atoms with van der Waals surface area (Å²) in [4.78, 5) is 27.1. The molecule has 0 bridgehead atoms. The van der Waals surface area contributed by atoms with Crippen molar-refractivity contribution in [3.05, 3.63) is 18.2 Å². The van der Waals surface area contributed by atoms with Crippen molar-refractivity contribution < 1.29 is 19.1 Å². The van der Waals surface area contributed by atoms with Crippen LogP contribution in [0.3, 0.4) is 0 Å². The minimum atomic E-state index is -0.623. The van der Waals surface area contributed by atoms with Crippen molar-refractivity contribution in [2.24, 2.45) is 17.6 Å². The molecule has 3 unspecified atom stereocenters. The zero-order valence-electron chi connectivity index (χ0n) is 14.8. The number of fused-ring (bicyclic) bond motifs is 1. The number of benzene rings is 1. The molecule has 1 aromatic rings. The van der Waals surface area contributed by atoms with E-state index >= 15 is 0 Å². The van der Waals surface area contributed by atoms with E-state index in [2.05, 4.69) is 5.32 Å². The lowest BCUT2D eigenvalue weighted by molar-refractivity contribution is -0.132. The summed E-state index contributed by atoms with van der Waals surface area (Å²) in [5.41, 5.74) is 6.53. The van der Waals surface area contributed by atoms with E-state index in [1.807, 2.05) is 18.2 Å². The van der Waals surface area contributed by atoms with Gasteiger partial charge in [0.15, 0.2) is 11.5 Å². The lowest BCUT2D eigenvalue weighted by atomic mass is 10.0. The molecular weight excluding hydrogens is 334 g/mol. The van der Waals surface area contributed by atoms with Crippen LogP contribution in [-0.2, 0) is 9.59 Å². The van der Waals surface area contributed by atoms with Gasteiger partial charge in [-0.1, -0.05) is 6.42 Å². The van der Waals surface area contributed by atoms with E-state index in [4.69, 9.17) is 15.2 Å². The number of hydrogen-bond acceptors (Lipinski definition) is 5. The van der Waals surface area contributed by atoms with Gasteiger partial charge in [0.2, 0.25) is 11.8 Å². The monoisotopic (exact) mass is 359 g/mol. The first-order chi connectivity index (χ1) is 12.7. The van der Waals surface area contributed by atoms with Crippen molar-refractivity contribution in [3.8, 4) is 11.5 Å². The van der Waals surface area contributed by atoms with E-state index < -0.39 is 5.92 Å². The molecule has 1 aromatic carbocycles. The summed E-state index contributed by atoms with van der Waals surface area (Å²) >= 11 is 0. The van der Waals surface area contributed by atoms with E-state index in [9.17, 15) is 9.59 Å². The highest BCUT2D eigenvalue weighted by Crippen LogP contribution is 2.36. The lowest BCUT2D eigenvalue weighted by Gasteiger charge is -2.23. The van der Waals surface area contributed by atoms with Gasteiger partial charge in [-0.15, -0.1) is 0 Å². The van der Waals surface area contributed by atoms with Gasteiger partial charge in [-0.3, -0.25) is 9.59 Å². The molecular formula is C19H25N3O4. The second-order valence-electron chi connectivity index (χ2n) is 7.20. The second kappa shape index (κ2) is 7.15. The van der Waals surface area contributed by atoms with Crippen molar-refractivity contribution in [1.29, 1.82) is 0 Å². The Morgan fingerprint density at radius 1 is 1.19 bits per heavy atom. The van der Waals surface area contributed by atoms with Gasteiger partial charge < -0.3 is 25.4 Å². The van der Waals surface area contributed by atoms with Crippen LogP contribution in [0.25, 0.3) is 0 Å². The number of ether oxygens (including phenoxy) is 2. The maximum absolute atomic E-state index is 12.8. The molecule has 3 N–H and O–H groups in total. The number of anilines is 1. The van der Waals surface area contributed by atoms with Crippen LogP contribution >= 0.6 is 0 Å². The fourth-order valence-corrected chi connectivity index (χ4v) is 4.17. The number of nitrogens with one attached hydrogen (secondary N) is 1. The summed E-state index contributed by atoms with van der Waals surface area (Å²) < 4.78 is 11.1. The third-order valence-corrected chi connectivity index (χ3v) is 5.65. The van der Waals surface area contributed by atoms with E-state index in [1.54, 1.807) is 4.90 Å². The predicted octanol–water partition coefficient (Wildman–Crippen LogP) is 1.05. The van der Waals surface area contributed by atoms with E-state index in [0.717, 1.165) is 24.9 Å². The number of rotatable bonds is 4. The summed E-state index contributed by atoms with van der Waals surface area (Å²) in [6.45, 7) is 2.13. The normalized spacial score (nSPS) is 27.7. The van der Waals surface area contributed by atoms with Crippen molar-refractivity contribution in [1.82, 2.24) is 5.32 Å². The first-order valence-electron chi connectivity index (χ1n) is 9.39. The van der Waals surface area contributed by atoms with E-state index in [1.165, 1.54) is 0 Å². The quantitative estimate of drug-likeness (QED) is 0.784. The molecule has 3 atom stereocenters. The topological polar surface area (TPSA) is 93.9 Å². The zero-order chi connectivity index (χ0) is 18.1.